The van der Waals surface area contributed by atoms with Crippen LogP contribution in [-0.4, -0.2) is 43.3 Å². The summed E-state index contributed by atoms with van der Waals surface area (Å²) in [6.45, 7) is 9.91. The molecular formula is C29H37NO9. The van der Waals surface area contributed by atoms with Gasteiger partial charge < -0.3 is 29.4 Å². The van der Waals surface area contributed by atoms with Crippen LogP contribution >= 0.6 is 0 Å². The number of rotatable bonds is 9. The minimum Gasteiger partial charge on any atom is -0.468 e. The quantitative estimate of drug-likeness (QED) is 0.271. The fourth-order valence-corrected chi connectivity index (χ4v) is 3.09. The molecule has 0 heterocycles. The van der Waals surface area contributed by atoms with Gasteiger partial charge in [-0.2, -0.15) is 0 Å². The summed E-state index contributed by atoms with van der Waals surface area (Å²) in [5, 5.41) is 0. The van der Waals surface area contributed by atoms with E-state index in [-0.39, 0.29) is 30.9 Å². The summed E-state index contributed by atoms with van der Waals surface area (Å²) in [4.78, 5) is 49.8. The van der Waals surface area contributed by atoms with Crippen molar-refractivity contribution in [1.82, 2.24) is 0 Å². The zero-order chi connectivity index (χ0) is 29.4. The number of methoxy groups -OCH3 is 1. The molecule has 0 bridgehead atoms. The average molecular weight is 544 g/mol. The molecule has 0 radical (unpaired) electrons. The highest BCUT2D eigenvalue weighted by atomic mass is 16.7. The first kappa shape index (κ1) is 31.3. The summed E-state index contributed by atoms with van der Waals surface area (Å²) < 4.78 is 26.2. The first-order valence-electron chi connectivity index (χ1n) is 12.4. The molecule has 0 saturated carbocycles. The third-order valence-electron chi connectivity index (χ3n) is 5.46. The summed E-state index contributed by atoms with van der Waals surface area (Å²) >= 11 is 0. The first-order valence-corrected chi connectivity index (χ1v) is 12.4. The Hall–Kier alpha value is -3.92. The first-order chi connectivity index (χ1) is 18.0. The molecule has 0 aromatic heterocycles. The number of ether oxygens (including phenoxy) is 5. The predicted molar refractivity (Wildman–Crippen MR) is 142 cm³/mol. The van der Waals surface area contributed by atoms with Crippen LogP contribution < -0.4 is 19.9 Å². The van der Waals surface area contributed by atoms with Crippen LogP contribution in [0.5, 0.6) is 17.2 Å². The number of para-hydroxylation sites is 1. The monoisotopic (exact) mass is 543 g/mol. The highest BCUT2D eigenvalue weighted by molar-refractivity contribution is 5.82. The van der Waals surface area contributed by atoms with Crippen molar-refractivity contribution in [2.45, 2.75) is 59.9 Å². The average Bonchev–Trinajstić information content (AvgIpc) is 2.84. The largest absolute Gasteiger partial charge is 0.513 e. The van der Waals surface area contributed by atoms with Gasteiger partial charge in [-0.15, -0.1) is 0 Å². The zero-order valence-electron chi connectivity index (χ0n) is 23.5. The van der Waals surface area contributed by atoms with Gasteiger partial charge in [0.1, 0.15) is 11.3 Å². The Balaban J connectivity index is 2.25. The van der Waals surface area contributed by atoms with Gasteiger partial charge in [0.25, 0.3) is 0 Å². The highest BCUT2D eigenvalue weighted by Gasteiger charge is 2.36. The number of benzene rings is 2. The van der Waals surface area contributed by atoms with E-state index in [2.05, 4.69) is 0 Å². The molecule has 0 aliphatic carbocycles. The summed E-state index contributed by atoms with van der Waals surface area (Å²) in [5.74, 6) is -1.46. The summed E-state index contributed by atoms with van der Waals surface area (Å²) in [6.07, 6.45) is -1.11. The van der Waals surface area contributed by atoms with Crippen molar-refractivity contribution in [1.29, 1.82) is 0 Å². The van der Waals surface area contributed by atoms with E-state index in [1.165, 1.54) is 19.2 Å². The number of esters is 3. The minimum absolute atomic E-state index is 0.0000651. The molecule has 39 heavy (non-hydrogen) atoms. The molecule has 0 unspecified atom stereocenters. The maximum absolute atomic E-state index is 12.6. The molecule has 2 aromatic carbocycles. The van der Waals surface area contributed by atoms with Gasteiger partial charge in [0, 0.05) is 12.8 Å². The van der Waals surface area contributed by atoms with Crippen LogP contribution in [0.25, 0.3) is 0 Å². The maximum atomic E-state index is 12.6. The second-order valence-corrected chi connectivity index (χ2v) is 11.1. The van der Waals surface area contributed by atoms with Crippen LogP contribution in [0.3, 0.4) is 0 Å². The molecule has 0 spiro atoms. The zero-order valence-corrected chi connectivity index (χ0v) is 23.5. The van der Waals surface area contributed by atoms with E-state index in [4.69, 9.17) is 29.4 Å². The lowest BCUT2D eigenvalue weighted by Gasteiger charge is -2.27. The standard InChI is InChI=1S/C29H37NO9/c1-27(2,3)23(31)38-21-14-13-19(17-22(21)39-24(32)28(4,5)6)18-29(30,25(33)35-7)15-16-36-26(34)37-20-11-9-8-10-12-20/h8-14,17H,15-16,18,30H2,1-7H3/t29-/m1/s1. The molecule has 2 rings (SSSR count). The van der Waals surface area contributed by atoms with E-state index >= 15 is 0 Å². The topological polar surface area (TPSA) is 140 Å². The van der Waals surface area contributed by atoms with Crippen molar-refractivity contribution in [3.8, 4) is 17.2 Å². The van der Waals surface area contributed by atoms with Gasteiger partial charge in [0.05, 0.1) is 24.5 Å². The Morgan fingerprint density at radius 1 is 0.744 bits per heavy atom. The van der Waals surface area contributed by atoms with E-state index in [0.717, 1.165) is 0 Å². The van der Waals surface area contributed by atoms with Crippen LogP contribution in [0, 0.1) is 10.8 Å². The van der Waals surface area contributed by atoms with Crippen LogP contribution in [-0.2, 0) is 30.3 Å². The molecule has 10 nitrogen and oxygen atoms in total. The normalized spacial score (nSPS) is 13.0. The van der Waals surface area contributed by atoms with Crippen molar-refractivity contribution >= 4 is 24.1 Å². The van der Waals surface area contributed by atoms with Gasteiger partial charge in [0.2, 0.25) is 0 Å². The summed E-state index contributed by atoms with van der Waals surface area (Å²) in [5.41, 5.74) is 3.67. The van der Waals surface area contributed by atoms with E-state index < -0.39 is 40.4 Å². The molecule has 0 saturated heterocycles. The van der Waals surface area contributed by atoms with Crippen LogP contribution in [0.2, 0.25) is 0 Å². The molecule has 0 fully saturated rings. The van der Waals surface area contributed by atoms with Crippen molar-refractivity contribution in [3.05, 3.63) is 54.1 Å². The van der Waals surface area contributed by atoms with Crippen LogP contribution in [0.15, 0.2) is 48.5 Å². The van der Waals surface area contributed by atoms with Crippen LogP contribution in [0.1, 0.15) is 53.5 Å². The van der Waals surface area contributed by atoms with Gasteiger partial charge >= 0.3 is 24.1 Å². The third kappa shape index (κ3) is 9.40. The summed E-state index contributed by atoms with van der Waals surface area (Å²) in [7, 11) is 1.19. The number of hydrogen-bond donors (Lipinski definition) is 1. The van der Waals surface area contributed by atoms with Gasteiger partial charge in [-0.3, -0.25) is 14.4 Å². The second kappa shape index (κ2) is 12.8. The lowest BCUT2D eigenvalue weighted by Crippen LogP contribution is -2.51. The minimum atomic E-state index is -1.60. The number of hydrogen-bond acceptors (Lipinski definition) is 10. The molecule has 10 heteroatoms. The molecule has 0 aliphatic heterocycles. The Morgan fingerprint density at radius 2 is 1.31 bits per heavy atom. The van der Waals surface area contributed by atoms with Crippen molar-refractivity contribution in [2.24, 2.45) is 16.6 Å². The lowest BCUT2D eigenvalue weighted by molar-refractivity contribution is -0.148. The Morgan fingerprint density at radius 3 is 1.85 bits per heavy atom. The molecule has 2 aromatic rings. The van der Waals surface area contributed by atoms with Crippen molar-refractivity contribution in [2.75, 3.05) is 13.7 Å². The summed E-state index contributed by atoms with van der Waals surface area (Å²) in [6, 6.07) is 12.9. The maximum Gasteiger partial charge on any atom is 0.513 e. The van der Waals surface area contributed by atoms with Crippen molar-refractivity contribution < 1.29 is 42.9 Å². The van der Waals surface area contributed by atoms with E-state index in [9.17, 15) is 19.2 Å². The molecule has 212 valence electrons. The number of carbonyl (C=O) groups excluding carboxylic acids is 4. The van der Waals surface area contributed by atoms with E-state index in [1.807, 2.05) is 0 Å². The van der Waals surface area contributed by atoms with Gasteiger partial charge in [-0.25, -0.2) is 4.79 Å². The van der Waals surface area contributed by atoms with Crippen LogP contribution in [0.4, 0.5) is 4.79 Å². The number of nitrogens with two attached hydrogens (primary N) is 1. The fraction of sp³-hybridized carbons (Fsp3) is 0.448. The number of carbonyl (C=O) groups is 4. The molecule has 0 aliphatic rings. The van der Waals surface area contributed by atoms with Gasteiger partial charge in [-0.05, 0) is 71.4 Å². The smallest absolute Gasteiger partial charge is 0.468 e. The van der Waals surface area contributed by atoms with E-state index in [1.54, 1.807) is 77.9 Å². The third-order valence-corrected chi connectivity index (χ3v) is 5.46. The van der Waals surface area contributed by atoms with Crippen molar-refractivity contribution in [3.63, 3.8) is 0 Å². The Bertz CT molecular complexity index is 1180. The Kier molecular flexibility index (Phi) is 10.2. The molecule has 0 amide bonds. The predicted octanol–water partition coefficient (Wildman–Crippen LogP) is 4.61. The fourth-order valence-electron chi connectivity index (χ4n) is 3.09. The molecule has 1 atom stereocenters. The Labute approximate surface area is 228 Å². The molecular weight excluding hydrogens is 506 g/mol. The second-order valence-electron chi connectivity index (χ2n) is 11.1. The van der Waals surface area contributed by atoms with Gasteiger partial charge in [0.15, 0.2) is 11.5 Å². The van der Waals surface area contributed by atoms with E-state index in [0.29, 0.717) is 11.3 Å². The SMILES string of the molecule is COC(=O)[C@@](N)(CCOC(=O)Oc1ccccc1)Cc1ccc(OC(=O)C(C)(C)C)c(OC(=O)C(C)(C)C)c1. The highest BCUT2D eigenvalue weighted by Crippen LogP contribution is 2.34. The molecule has 2 N–H and O–H groups in total. The van der Waals surface area contributed by atoms with Gasteiger partial charge in [-0.1, -0.05) is 24.3 Å². The lowest BCUT2D eigenvalue weighted by atomic mass is 9.88.